The van der Waals surface area contributed by atoms with Gasteiger partial charge in [-0.25, -0.2) is 0 Å². The van der Waals surface area contributed by atoms with E-state index in [9.17, 15) is 0 Å². The maximum absolute atomic E-state index is 5.36. The van der Waals surface area contributed by atoms with E-state index in [-0.39, 0.29) is 6.23 Å². The van der Waals surface area contributed by atoms with Crippen LogP contribution in [0.1, 0.15) is 19.8 Å². The number of dihydropyridines is 1. The second-order valence-electron chi connectivity index (χ2n) is 3.36. The van der Waals surface area contributed by atoms with Crippen LogP contribution in [0.4, 0.5) is 0 Å². The van der Waals surface area contributed by atoms with Crippen LogP contribution in [0, 0.1) is 0 Å². The Balaban J connectivity index is 2.14. The molecule has 3 heteroatoms. The summed E-state index contributed by atoms with van der Waals surface area (Å²) >= 11 is 1.99. The van der Waals surface area contributed by atoms with E-state index in [1.165, 1.54) is 23.3 Å². The van der Waals surface area contributed by atoms with Crippen LogP contribution in [0.2, 0.25) is 0 Å². The Morgan fingerprint density at radius 2 is 2.54 bits per heavy atom. The van der Waals surface area contributed by atoms with E-state index in [1.807, 2.05) is 18.0 Å². The second kappa shape index (κ2) is 3.76. The fourth-order valence-corrected chi connectivity index (χ4v) is 3.05. The summed E-state index contributed by atoms with van der Waals surface area (Å²) in [5, 5.41) is 3.97. The van der Waals surface area contributed by atoms with E-state index in [4.69, 9.17) is 4.74 Å². The van der Waals surface area contributed by atoms with Gasteiger partial charge >= 0.3 is 0 Å². The number of allylic oxidation sites excluding steroid dienone is 1. The molecule has 2 atom stereocenters. The molecular formula is C10H15NOS. The number of rotatable bonds is 2. The molecule has 2 aliphatic heterocycles. The molecule has 1 N–H and O–H groups in total. The highest BCUT2D eigenvalue weighted by molar-refractivity contribution is 8.04. The van der Waals surface area contributed by atoms with Gasteiger partial charge in [0.05, 0.1) is 0 Å². The van der Waals surface area contributed by atoms with Crippen LogP contribution in [0.5, 0.6) is 0 Å². The summed E-state index contributed by atoms with van der Waals surface area (Å²) in [5.41, 5.74) is 1.43. The predicted octanol–water partition coefficient (Wildman–Crippen LogP) is 2.25. The molecule has 0 bridgehead atoms. The molecule has 0 radical (unpaired) electrons. The molecule has 0 fully saturated rings. The highest BCUT2D eigenvalue weighted by atomic mass is 32.2. The van der Waals surface area contributed by atoms with Crippen molar-refractivity contribution in [3.63, 3.8) is 0 Å². The molecule has 0 aromatic rings. The van der Waals surface area contributed by atoms with Gasteiger partial charge in [0.1, 0.15) is 0 Å². The average Bonchev–Trinajstić information content (AvgIpc) is 2.59. The smallest absolute Gasteiger partial charge is 0.150 e. The van der Waals surface area contributed by atoms with Crippen LogP contribution in [-0.2, 0) is 4.74 Å². The van der Waals surface area contributed by atoms with Crippen LogP contribution in [0.25, 0.3) is 0 Å². The van der Waals surface area contributed by atoms with Crippen molar-refractivity contribution in [1.82, 2.24) is 5.32 Å². The van der Waals surface area contributed by atoms with Crippen molar-refractivity contribution < 1.29 is 4.74 Å². The summed E-state index contributed by atoms with van der Waals surface area (Å²) in [6.07, 6.45) is 6.67. The molecule has 0 saturated carbocycles. The van der Waals surface area contributed by atoms with Gasteiger partial charge in [-0.2, -0.15) is 0 Å². The van der Waals surface area contributed by atoms with Crippen LogP contribution in [0.15, 0.2) is 22.8 Å². The Bertz CT molecular complexity index is 260. The Labute approximate surface area is 83.4 Å². The zero-order chi connectivity index (χ0) is 9.26. The van der Waals surface area contributed by atoms with Gasteiger partial charge in [-0.3, -0.25) is 0 Å². The fraction of sp³-hybridized carbons (Fsp3) is 0.600. The Hall–Kier alpha value is -0.410. The summed E-state index contributed by atoms with van der Waals surface area (Å²) < 4.78 is 5.36. The maximum atomic E-state index is 5.36. The van der Waals surface area contributed by atoms with Crippen molar-refractivity contribution in [2.24, 2.45) is 0 Å². The van der Waals surface area contributed by atoms with E-state index in [0.717, 1.165) is 5.25 Å². The minimum Gasteiger partial charge on any atom is -0.363 e. The van der Waals surface area contributed by atoms with Crippen LogP contribution >= 0.6 is 11.8 Å². The third-order valence-electron chi connectivity index (χ3n) is 2.55. The second-order valence-corrected chi connectivity index (χ2v) is 4.70. The van der Waals surface area contributed by atoms with E-state index in [2.05, 4.69) is 18.3 Å². The standard InChI is InChI=1S/C10H15NOS/c1-3-7-6-8-9(13-7)4-5-11-10(8)12-2/h4-5,7,10-11H,3,6H2,1-2H3. The highest BCUT2D eigenvalue weighted by Crippen LogP contribution is 2.42. The first-order chi connectivity index (χ1) is 6.35. The van der Waals surface area contributed by atoms with Gasteiger partial charge in [0.2, 0.25) is 0 Å². The molecule has 0 spiro atoms. The molecule has 0 aromatic carbocycles. The van der Waals surface area contributed by atoms with Crippen molar-refractivity contribution >= 4 is 11.8 Å². The topological polar surface area (TPSA) is 21.3 Å². The zero-order valence-electron chi connectivity index (χ0n) is 8.04. The average molecular weight is 197 g/mol. The number of methoxy groups -OCH3 is 1. The van der Waals surface area contributed by atoms with E-state index in [0.29, 0.717) is 0 Å². The molecule has 13 heavy (non-hydrogen) atoms. The van der Waals surface area contributed by atoms with Gasteiger partial charge in [0.15, 0.2) is 6.23 Å². The quantitative estimate of drug-likeness (QED) is 0.733. The monoisotopic (exact) mass is 197 g/mol. The first-order valence-electron chi connectivity index (χ1n) is 4.70. The van der Waals surface area contributed by atoms with Crippen molar-refractivity contribution in [2.45, 2.75) is 31.2 Å². The minimum absolute atomic E-state index is 0.115. The van der Waals surface area contributed by atoms with E-state index in [1.54, 1.807) is 7.11 Å². The molecule has 0 amide bonds. The lowest BCUT2D eigenvalue weighted by Crippen LogP contribution is -2.30. The number of hydrogen-bond acceptors (Lipinski definition) is 3. The molecule has 72 valence electrons. The molecular weight excluding hydrogens is 182 g/mol. The van der Waals surface area contributed by atoms with Gasteiger partial charge in [0, 0.05) is 17.3 Å². The molecule has 2 nitrogen and oxygen atoms in total. The summed E-state index contributed by atoms with van der Waals surface area (Å²) in [6, 6.07) is 0. The number of hydrogen-bond donors (Lipinski definition) is 1. The minimum atomic E-state index is 0.115. The van der Waals surface area contributed by atoms with Gasteiger partial charge in [-0.05, 0) is 30.7 Å². The SMILES string of the molecule is CCC1CC2=C(C=CNC2OC)S1. The maximum Gasteiger partial charge on any atom is 0.150 e. The molecule has 0 aromatic heterocycles. The van der Waals surface area contributed by atoms with Gasteiger partial charge in [-0.1, -0.05) is 6.92 Å². The first kappa shape index (κ1) is 9.16. The summed E-state index contributed by atoms with van der Waals surface area (Å²) in [6.45, 7) is 2.25. The number of thioether (sulfide) groups is 1. The van der Waals surface area contributed by atoms with Crippen molar-refractivity contribution in [3.8, 4) is 0 Å². The third-order valence-corrected chi connectivity index (χ3v) is 4.03. The lowest BCUT2D eigenvalue weighted by Gasteiger charge is -2.20. The summed E-state index contributed by atoms with van der Waals surface area (Å²) in [7, 11) is 1.76. The molecule has 2 heterocycles. The molecule has 2 unspecified atom stereocenters. The van der Waals surface area contributed by atoms with Crippen molar-refractivity contribution in [1.29, 1.82) is 0 Å². The summed E-state index contributed by atoms with van der Waals surface area (Å²) in [4.78, 5) is 1.41. The van der Waals surface area contributed by atoms with E-state index >= 15 is 0 Å². The molecule has 2 aliphatic rings. The summed E-state index contributed by atoms with van der Waals surface area (Å²) in [5.74, 6) is 0. The Kier molecular flexibility index (Phi) is 2.65. The van der Waals surface area contributed by atoms with Gasteiger partial charge < -0.3 is 10.1 Å². The Morgan fingerprint density at radius 3 is 3.23 bits per heavy atom. The Morgan fingerprint density at radius 1 is 1.69 bits per heavy atom. The zero-order valence-corrected chi connectivity index (χ0v) is 8.86. The van der Waals surface area contributed by atoms with Crippen molar-refractivity contribution in [3.05, 3.63) is 22.8 Å². The van der Waals surface area contributed by atoms with Gasteiger partial charge in [0.25, 0.3) is 0 Å². The van der Waals surface area contributed by atoms with Gasteiger partial charge in [-0.15, -0.1) is 11.8 Å². The highest BCUT2D eigenvalue weighted by Gasteiger charge is 2.29. The fourth-order valence-electron chi connectivity index (χ4n) is 1.78. The number of nitrogens with one attached hydrogen (secondary N) is 1. The molecule has 0 aliphatic carbocycles. The van der Waals surface area contributed by atoms with E-state index < -0.39 is 0 Å². The molecule has 0 saturated heterocycles. The van der Waals surface area contributed by atoms with Crippen molar-refractivity contribution in [2.75, 3.05) is 7.11 Å². The lowest BCUT2D eigenvalue weighted by atomic mass is 10.1. The van der Waals surface area contributed by atoms with Crippen LogP contribution in [0.3, 0.4) is 0 Å². The normalized spacial score (nSPS) is 31.8. The van der Waals surface area contributed by atoms with Crippen LogP contribution in [-0.4, -0.2) is 18.6 Å². The predicted molar refractivity (Wildman–Crippen MR) is 56.4 cm³/mol. The largest absolute Gasteiger partial charge is 0.363 e. The lowest BCUT2D eigenvalue weighted by molar-refractivity contribution is 0.111. The van der Waals surface area contributed by atoms with Crippen LogP contribution < -0.4 is 5.32 Å². The number of ether oxygens (including phenoxy) is 1. The molecule has 2 rings (SSSR count). The third kappa shape index (κ3) is 1.63. The first-order valence-corrected chi connectivity index (χ1v) is 5.58.